The van der Waals surface area contributed by atoms with Gasteiger partial charge >= 0.3 is 6.18 Å². The van der Waals surface area contributed by atoms with Crippen LogP contribution >= 0.6 is 11.3 Å². The Kier molecular flexibility index (Phi) is 3.29. The fourth-order valence-corrected chi connectivity index (χ4v) is 2.92. The number of hydrogen-bond donors (Lipinski definition) is 0. The van der Waals surface area contributed by atoms with E-state index >= 15 is 0 Å². The number of aromatic nitrogens is 2. The van der Waals surface area contributed by atoms with Gasteiger partial charge in [-0.25, -0.2) is 4.98 Å². The van der Waals surface area contributed by atoms with Crippen molar-refractivity contribution in [3.63, 3.8) is 0 Å². The van der Waals surface area contributed by atoms with Gasteiger partial charge in [-0.3, -0.25) is 4.79 Å². The predicted octanol–water partition coefficient (Wildman–Crippen LogP) is 3.53. The van der Waals surface area contributed by atoms with Crippen molar-refractivity contribution in [3.05, 3.63) is 63.5 Å². The standard InChI is InChI=1S/C14H9F3N2OS/c15-14(16,17)9-5-6-13(20)19(7-9)8-12-18-10-3-1-2-4-11(10)21-12/h1-7H,8H2. The van der Waals surface area contributed by atoms with E-state index in [1.165, 1.54) is 11.3 Å². The zero-order valence-electron chi connectivity index (χ0n) is 10.6. The van der Waals surface area contributed by atoms with E-state index in [-0.39, 0.29) is 6.54 Å². The molecule has 0 aliphatic carbocycles. The lowest BCUT2D eigenvalue weighted by Gasteiger charge is -2.09. The molecule has 7 heteroatoms. The summed E-state index contributed by atoms with van der Waals surface area (Å²) < 4.78 is 40.0. The topological polar surface area (TPSA) is 34.9 Å². The average Bonchev–Trinajstić information content (AvgIpc) is 2.82. The summed E-state index contributed by atoms with van der Waals surface area (Å²) in [7, 11) is 0. The maximum atomic E-state index is 12.7. The molecule has 0 radical (unpaired) electrons. The molecule has 0 saturated heterocycles. The second kappa shape index (κ2) is 5.00. The Hall–Kier alpha value is -2.15. The molecule has 3 rings (SSSR count). The minimum Gasteiger partial charge on any atom is -0.308 e. The normalized spacial score (nSPS) is 12.0. The van der Waals surface area contributed by atoms with Crippen molar-refractivity contribution in [3.8, 4) is 0 Å². The van der Waals surface area contributed by atoms with Crippen molar-refractivity contribution in [1.29, 1.82) is 0 Å². The molecule has 1 aromatic carbocycles. The van der Waals surface area contributed by atoms with Gasteiger partial charge in [0.15, 0.2) is 0 Å². The van der Waals surface area contributed by atoms with E-state index in [0.29, 0.717) is 5.01 Å². The van der Waals surface area contributed by atoms with E-state index < -0.39 is 17.3 Å². The number of pyridine rings is 1. The predicted molar refractivity (Wildman–Crippen MR) is 74.4 cm³/mol. The first-order valence-corrected chi connectivity index (χ1v) is 6.87. The molecule has 2 heterocycles. The molecule has 0 atom stereocenters. The van der Waals surface area contributed by atoms with Gasteiger partial charge < -0.3 is 4.57 Å². The van der Waals surface area contributed by atoms with Gasteiger partial charge in [0.2, 0.25) is 0 Å². The van der Waals surface area contributed by atoms with Gasteiger partial charge in [-0.15, -0.1) is 11.3 Å². The van der Waals surface area contributed by atoms with Crippen LogP contribution in [0.2, 0.25) is 0 Å². The Balaban J connectivity index is 1.99. The maximum absolute atomic E-state index is 12.7. The third-order valence-electron chi connectivity index (χ3n) is 2.95. The molecule has 0 amide bonds. The molecule has 2 aromatic heterocycles. The molecule has 108 valence electrons. The van der Waals surface area contributed by atoms with Crippen LogP contribution in [0.15, 0.2) is 47.4 Å². The molecule has 0 N–H and O–H groups in total. The summed E-state index contributed by atoms with van der Waals surface area (Å²) in [6.07, 6.45) is -3.64. The SMILES string of the molecule is O=c1ccc(C(F)(F)F)cn1Cc1nc2ccccc2s1. The fraction of sp³-hybridized carbons (Fsp3) is 0.143. The molecule has 0 spiro atoms. The number of para-hydroxylation sites is 1. The monoisotopic (exact) mass is 310 g/mol. The number of nitrogens with zero attached hydrogens (tertiary/aromatic N) is 2. The van der Waals surface area contributed by atoms with Gasteiger partial charge in [-0.05, 0) is 18.2 Å². The van der Waals surface area contributed by atoms with Crippen molar-refractivity contribution in [2.75, 3.05) is 0 Å². The maximum Gasteiger partial charge on any atom is 0.417 e. The Morgan fingerprint density at radius 1 is 1.14 bits per heavy atom. The summed E-state index contributed by atoms with van der Waals surface area (Å²) in [5, 5.41) is 0.595. The summed E-state index contributed by atoms with van der Waals surface area (Å²) in [5.41, 5.74) is -0.553. The molecule has 0 bridgehead atoms. The highest BCUT2D eigenvalue weighted by molar-refractivity contribution is 7.18. The van der Waals surface area contributed by atoms with Crippen molar-refractivity contribution in [1.82, 2.24) is 9.55 Å². The van der Waals surface area contributed by atoms with E-state index in [0.717, 1.165) is 33.1 Å². The lowest BCUT2D eigenvalue weighted by molar-refractivity contribution is -0.138. The molecule has 0 unspecified atom stereocenters. The lowest BCUT2D eigenvalue weighted by atomic mass is 10.3. The largest absolute Gasteiger partial charge is 0.417 e. The summed E-state index contributed by atoms with van der Waals surface area (Å²) in [6, 6.07) is 9.12. The number of fused-ring (bicyclic) bond motifs is 1. The average molecular weight is 310 g/mol. The Bertz CT molecular complexity index is 818. The summed E-state index contributed by atoms with van der Waals surface area (Å²) in [4.78, 5) is 16.0. The third-order valence-corrected chi connectivity index (χ3v) is 3.98. The van der Waals surface area contributed by atoms with E-state index in [9.17, 15) is 18.0 Å². The Morgan fingerprint density at radius 3 is 2.62 bits per heavy atom. The highest BCUT2D eigenvalue weighted by Gasteiger charge is 2.31. The number of benzene rings is 1. The summed E-state index contributed by atoms with van der Waals surface area (Å²) in [5.74, 6) is 0. The van der Waals surface area contributed by atoms with Gasteiger partial charge in [-0.2, -0.15) is 13.2 Å². The fourth-order valence-electron chi connectivity index (χ4n) is 1.96. The molecular weight excluding hydrogens is 301 g/mol. The first-order chi connectivity index (χ1) is 9.93. The number of alkyl halides is 3. The first-order valence-electron chi connectivity index (χ1n) is 6.05. The van der Waals surface area contributed by atoms with Crippen molar-refractivity contribution >= 4 is 21.6 Å². The van der Waals surface area contributed by atoms with E-state index in [4.69, 9.17) is 0 Å². The second-order valence-corrected chi connectivity index (χ2v) is 5.57. The van der Waals surface area contributed by atoms with E-state index in [1.54, 1.807) is 0 Å². The molecule has 3 aromatic rings. The van der Waals surface area contributed by atoms with Crippen molar-refractivity contribution < 1.29 is 13.2 Å². The van der Waals surface area contributed by atoms with Gasteiger partial charge in [-0.1, -0.05) is 12.1 Å². The van der Waals surface area contributed by atoms with Crippen LogP contribution in [0.5, 0.6) is 0 Å². The number of rotatable bonds is 2. The molecule has 3 nitrogen and oxygen atoms in total. The van der Waals surface area contributed by atoms with Gasteiger partial charge in [0, 0.05) is 12.3 Å². The summed E-state index contributed by atoms with van der Waals surface area (Å²) >= 11 is 1.36. The van der Waals surface area contributed by atoms with Crippen LogP contribution in [0.3, 0.4) is 0 Å². The molecule has 21 heavy (non-hydrogen) atoms. The second-order valence-electron chi connectivity index (χ2n) is 4.46. The number of halogens is 3. The zero-order valence-corrected chi connectivity index (χ0v) is 11.4. The minimum atomic E-state index is -4.47. The van der Waals surface area contributed by atoms with Crippen molar-refractivity contribution in [2.45, 2.75) is 12.7 Å². The van der Waals surface area contributed by atoms with Gasteiger partial charge in [0.05, 0.1) is 22.3 Å². The lowest BCUT2D eigenvalue weighted by Crippen LogP contribution is -2.21. The van der Waals surface area contributed by atoms with Crippen LogP contribution in [0.1, 0.15) is 10.6 Å². The number of thiazole rings is 1. The van der Waals surface area contributed by atoms with Crippen LogP contribution in [0.4, 0.5) is 13.2 Å². The molecule has 0 aliphatic rings. The van der Waals surface area contributed by atoms with Crippen LogP contribution in [0, 0.1) is 0 Å². The quantitative estimate of drug-likeness (QED) is 0.726. The van der Waals surface area contributed by atoms with E-state index in [2.05, 4.69) is 4.98 Å². The zero-order chi connectivity index (χ0) is 15.0. The third kappa shape index (κ3) is 2.82. The first kappa shape index (κ1) is 13.8. The van der Waals surface area contributed by atoms with Crippen LogP contribution in [0.25, 0.3) is 10.2 Å². The molecule has 0 saturated carbocycles. The van der Waals surface area contributed by atoms with Crippen LogP contribution in [-0.2, 0) is 12.7 Å². The Labute approximate surface area is 121 Å². The Morgan fingerprint density at radius 2 is 1.90 bits per heavy atom. The highest BCUT2D eigenvalue weighted by Crippen LogP contribution is 2.28. The smallest absolute Gasteiger partial charge is 0.308 e. The molecule has 0 aliphatic heterocycles. The molecule has 0 fully saturated rings. The van der Waals surface area contributed by atoms with Gasteiger partial charge in [0.1, 0.15) is 5.01 Å². The van der Waals surface area contributed by atoms with E-state index in [1.807, 2.05) is 24.3 Å². The highest BCUT2D eigenvalue weighted by atomic mass is 32.1. The minimum absolute atomic E-state index is 0.0299. The number of hydrogen-bond acceptors (Lipinski definition) is 3. The summed E-state index contributed by atoms with van der Waals surface area (Å²) in [6.45, 7) is 0.0299. The van der Waals surface area contributed by atoms with Gasteiger partial charge in [0.25, 0.3) is 5.56 Å². The van der Waals surface area contributed by atoms with Crippen LogP contribution in [-0.4, -0.2) is 9.55 Å². The van der Waals surface area contributed by atoms with Crippen molar-refractivity contribution in [2.24, 2.45) is 0 Å². The van der Waals surface area contributed by atoms with Crippen LogP contribution < -0.4 is 5.56 Å². The molecular formula is C14H9F3N2OS.